The lowest BCUT2D eigenvalue weighted by molar-refractivity contribution is -0.150. The number of esters is 1. The maximum Gasteiger partial charge on any atom is 0.326 e. The van der Waals surface area contributed by atoms with E-state index in [0.717, 1.165) is 5.56 Å². The molecule has 186 valence electrons. The number of primary sulfonamides is 1. The number of amides is 1. The number of likely N-dealkylation sites (tertiary alicyclic amines) is 1. The van der Waals surface area contributed by atoms with Crippen LogP contribution < -0.4 is 10.5 Å². The maximum atomic E-state index is 12.7. The quantitative estimate of drug-likeness (QED) is 0.413. The molecule has 0 spiro atoms. The second-order valence-electron chi connectivity index (χ2n) is 7.70. The van der Waals surface area contributed by atoms with Crippen LogP contribution in [0.2, 0.25) is 0 Å². The number of carbonyl (C=O) groups is 3. The summed E-state index contributed by atoms with van der Waals surface area (Å²) in [6.07, 6.45) is 2.29. The van der Waals surface area contributed by atoms with Gasteiger partial charge < -0.3 is 14.7 Å². The average molecular weight is 486 g/mol. The number of carboxylic acids is 1. The van der Waals surface area contributed by atoms with Gasteiger partial charge in [0.1, 0.15) is 12.1 Å². The van der Waals surface area contributed by atoms with Gasteiger partial charge >= 0.3 is 11.9 Å². The van der Waals surface area contributed by atoms with Gasteiger partial charge in [-0.15, -0.1) is 0 Å². The maximum absolute atomic E-state index is 12.7. The second-order valence-corrected chi connectivity index (χ2v) is 9.60. The summed E-state index contributed by atoms with van der Waals surface area (Å²) in [6, 6.07) is 7.69. The molecular formula is C22H35N3O7S. The molecule has 1 aromatic rings. The van der Waals surface area contributed by atoms with Crippen molar-refractivity contribution in [2.45, 2.75) is 64.6 Å². The highest BCUT2D eigenvalue weighted by atomic mass is 32.2. The lowest BCUT2D eigenvalue weighted by atomic mass is 10.0. The summed E-state index contributed by atoms with van der Waals surface area (Å²) >= 11 is 0. The molecule has 0 saturated carbocycles. The molecule has 1 amide bonds. The highest BCUT2D eigenvalue weighted by molar-refractivity contribution is 7.89. The summed E-state index contributed by atoms with van der Waals surface area (Å²) in [6.45, 7) is 5.58. The van der Waals surface area contributed by atoms with Crippen molar-refractivity contribution in [3.8, 4) is 0 Å². The summed E-state index contributed by atoms with van der Waals surface area (Å²) < 4.78 is 24.7. The third-order valence-electron chi connectivity index (χ3n) is 5.18. The number of aryl methyl sites for hydroxylation is 1. The molecular weight excluding hydrogens is 450 g/mol. The largest absolute Gasteiger partial charge is 0.480 e. The Labute approximate surface area is 195 Å². The van der Waals surface area contributed by atoms with E-state index in [0.29, 0.717) is 32.2 Å². The van der Waals surface area contributed by atoms with Crippen LogP contribution in [0.1, 0.15) is 45.6 Å². The molecule has 4 N–H and O–H groups in total. The highest BCUT2D eigenvalue weighted by Crippen LogP contribution is 2.19. The monoisotopic (exact) mass is 485 g/mol. The van der Waals surface area contributed by atoms with Crippen molar-refractivity contribution in [2.75, 3.05) is 18.9 Å². The molecule has 33 heavy (non-hydrogen) atoms. The fraction of sp³-hybridized carbons (Fsp3) is 0.591. The summed E-state index contributed by atoms with van der Waals surface area (Å²) in [7, 11) is -3.16. The van der Waals surface area contributed by atoms with Crippen LogP contribution in [-0.4, -0.2) is 73.3 Å². The minimum absolute atomic E-state index is 0.0208. The first-order chi connectivity index (χ1) is 15.5. The zero-order valence-corrected chi connectivity index (χ0v) is 20.2. The summed E-state index contributed by atoms with van der Waals surface area (Å²) in [4.78, 5) is 37.7. The molecule has 0 aromatic heterocycles. The molecule has 0 radical (unpaired) electrons. The van der Waals surface area contributed by atoms with Crippen LogP contribution in [0.15, 0.2) is 30.3 Å². The van der Waals surface area contributed by atoms with E-state index in [2.05, 4.69) is 10.5 Å². The number of benzene rings is 1. The van der Waals surface area contributed by atoms with Gasteiger partial charge in [-0.05, 0) is 52.0 Å². The Morgan fingerprint density at radius 3 is 2.36 bits per heavy atom. The van der Waals surface area contributed by atoms with E-state index in [4.69, 9.17) is 4.74 Å². The van der Waals surface area contributed by atoms with Crippen molar-refractivity contribution in [1.29, 1.82) is 0 Å². The Kier molecular flexibility index (Phi) is 12.0. The number of carboxylic acid groups (broad SMARTS) is 1. The molecule has 1 saturated heterocycles. The van der Waals surface area contributed by atoms with Crippen LogP contribution in [0.5, 0.6) is 0 Å². The predicted octanol–water partition coefficient (Wildman–Crippen LogP) is 0.899. The van der Waals surface area contributed by atoms with Crippen molar-refractivity contribution in [2.24, 2.45) is 5.14 Å². The topological polar surface area (TPSA) is 156 Å². The molecule has 11 heteroatoms. The number of aliphatic carboxylic acids is 1. The van der Waals surface area contributed by atoms with Crippen LogP contribution in [0.4, 0.5) is 0 Å². The standard InChI is InChI=1S/C20H28N2O5.C2H7NO2S/c1-3-27-20(26)16(12-11-15-8-5-4-6-9-15)21-14(2)18(23)22-13-7-10-17(22)19(24)25;1-2-6(3,4)5/h4-6,8-9,14,16-17,21H,3,7,10-13H2,1-2H3,(H,24,25);2H2,1H3,(H2,3,4,5)/t14-,16?,17-;/m0./s1. The summed E-state index contributed by atoms with van der Waals surface area (Å²) in [5, 5.41) is 16.8. The first-order valence-corrected chi connectivity index (χ1v) is 12.7. The van der Waals surface area contributed by atoms with Gasteiger partial charge in [0.25, 0.3) is 0 Å². The van der Waals surface area contributed by atoms with Crippen molar-refractivity contribution < 1.29 is 32.6 Å². The van der Waals surface area contributed by atoms with E-state index in [-0.39, 0.29) is 18.3 Å². The van der Waals surface area contributed by atoms with Gasteiger partial charge in [-0.3, -0.25) is 14.9 Å². The molecule has 0 aliphatic carbocycles. The van der Waals surface area contributed by atoms with Gasteiger partial charge in [-0.25, -0.2) is 18.4 Å². The first kappa shape index (κ1) is 28.5. The molecule has 0 bridgehead atoms. The third-order valence-corrected chi connectivity index (χ3v) is 5.99. The van der Waals surface area contributed by atoms with Crippen LogP contribution >= 0.6 is 0 Å². The van der Waals surface area contributed by atoms with Crippen molar-refractivity contribution in [3.63, 3.8) is 0 Å². The number of nitrogens with zero attached hydrogens (tertiary/aromatic N) is 1. The lowest BCUT2D eigenvalue weighted by Gasteiger charge is -2.27. The summed E-state index contributed by atoms with van der Waals surface area (Å²) in [5.41, 5.74) is 1.10. The van der Waals surface area contributed by atoms with Gasteiger partial charge in [0.05, 0.1) is 18.4 Å². The Morgan fingerprint density at radius 2 is 1.85 bits per heavy atom. The number of hydrogen-bond donors (Lipinski definition) is 3. The van der Waals surface area contributed by atoms with Gasteiger partial charge in [0.2, 0.25) is 15.9 Å². The van der Waals surface area contributed by atoms with Gasteiger partial charge in [0, 0.05) is 6.54 Å². The predicted molar refractivity (Wildman–Crippen MR) is 124 cm³/mol. The van der Waals surface area contributed by atoms with E-state index in [9.17, 15) is 27.9 Å². The number of hydrogen-bond acceptors (Lipinski definition) is 7. The molecule has 10 nitrogen and oxygen atoms in total. The smallest absolute Gasteiger partial charge is 0.326 e. The van der Waals surface area contributed by atoms with E-state index >= 15 is 0 Å². The summed E-state index contributed by atoms with van der Waals surface area (Å²) in [5.74, 6) is -1.66. The van der Waals surface area contributed by atoms with Crippen LogP contribution in [0.25, 0.3) is 0 Å². The Balaban J connectivity index is 0.000000801. The average Bonchev–Trinajstić information content (AvgIpc) is 3.27. The Bertz CT molecular complexity index is 877. The van der Waals surface area contributed by atoms with Crippen LogP contribution in [0, 0.1) is 0 Å². The minimum Gasteiger partial charge on any atom is -0.480 e. The number of carbonyl (C=O) groups excluding carboxylic acids is 2. The Hall–Kier alpha value is -2.50. The van der Waals surface area contributed by atoms with Crippen molar-refractivity contribution in [3.05, 3.63) is 35.9 Å². The minimum atomic E-state index is -3.16. The van der Waals surface area contributed by atoms with E-state index < -0.39 is 40.1 Å². The lowest BCUT2D eigenvalue weighted by Crippen LogP contribution is -2.53. The second kappa shape index (κ2) is 13.9. The number of ether oxygens (including phenoxy) is 1. The molecule has 3 atom stereocenters. The molecule has 1 aromatic carbocycles. The fourth-order valence-electron chi connectivity index (χ4n) is 3.38. The molecule has 1 aliphatic rings. The Morgan fingerprint density at radius 1 is 1.24 bits per heavy atom. The third kappa shape index (κ3) is 10.3. The SMILES string of the molecule is CCOC(=O)C(CCc1ccccc1)N[C@@H](C)C(=O)N1CCC[C@H]1C(=O)O.CCS(N)(=O)=O. The van der Waals surface area contributed by atoms with Crippen molar-refractivity contribution in [1.82, 2.24) is 10.2 Å². The zero-order chi connectivity index (χ0) is 25.0. The fourth-order valence-corrected chi connectivity index (χ4v) is 3.38. The molecule has 1 fully saturated rings. The first-order valence-electron chi connectivity index (χ1n) is 11.0. The zero-order valence-electron chi connectivity index (χ0n) is 19.4. The van der Waals surface area contributed by atoms with Gasteiger partial charge in [-0.2, -0.15) is 0 Å². The van der Waals surface area contributed by atoms with E-state index in [1.165, 1.54) is 11.8 Å². The molecule has 1 unspecified atom stereocenters. The highest BCUT2D eigenvalue weighted by Gasteiger charge is 2.36. The van der Waals surface area contributed by atoms with Gasteiger partial charge in [0.15, 0.2) is 0 Å². The van der Waals surface area contributed by atoms with Crippen LogP contribution in [-0.2, 0) is 35.6 Å². The molecule has 2 rings (SSSR count). The van der Waals surface area contributed by atoms with E-state index in [1.54, 1.807) is 13.8 Å². The number of sulfonamides is 1. The van der Waals surface area contributed by atoms with E-state index in [1.807, 2.05) is 30.3 Å². The number of nitrogens with one attached hydrogen (secondary N) is 1. The van der Waals surface area contributed by atoms with Crippen molar-refractivity contribution >= 4 is 27.9 Å². The normalized spacial score (nSPS) is 17.5. The van der Waals surface area contributed by atoms with Crippen LogP contribution in [0.3, 0.4) is 0 Å². The molecule has 1 aliphatic heterocycles. The number of nitrogens with two attached hydrogens (primary N) is 1. The molecule has 1 heterocycles. The number of rotatable bonds is 10. The van der Waals surface area contributed by atoms with Gasteiger partial charge in [-0.1, -0.05) is 30.3 Å².